The average molecular weight is 440 g/mol. The topological polar surface area (TPSA) is 71.1 Å². The van der Waals surface area contributed by atoms with Crippen molar-refractivity contribution in [1.82, 2.24) is 9.80 Å². The van der Waals surface area contributed by atoms with Crippen molar-refractivity contribution in [3.8, 4) is 11.5 Å². The number of carbonyl (C=O) groups is 2. The van der Waals surface area contributed by atoms with Crippen molar-refractivity contribution >= 4 is 17.5 Å². The van der Waals surface area contributed by atoms with Crippen LogP contribution < -0.4 is 14.8 Å². The van der Waals surface area contributed by atoms with Crippen LogP contribution in [0, 0.1) is 0 Å². The van der Waals surface area contributed by atoms with Crippen LogP contribution in [0.3, 0.4) is 0 Å². The highest BCUT2D eigenvalue weighted by atomic mass is 16.5. The Kier molecular flexibility index (Phi) is 8.50. The molecule has 1 heterocycles. The standard InChI is InChI=1S/C25H33N3O4/c1-4-12-28(18-24(29)26-20-15-22(31-2)17-23(16-20)32-3)21-10-13-27(14-11-21)25(30)19-8-6-5-7-9-19/h5-9,15-17,21H,4,10-14,18H2,1-3H3,(H,26,29). The molecule has 0 unspecified atom stereocenters. The summed E-state index contributed by atoms with van der Waals surface area (Å²) in [6.07, 6.45) is 2.68. The van der Waals surface area contributed by atoms with E-state index in [1.807, 2.05) is 35.2 Å². The van der Waals surface area contributed by atoms with E-state index in [2.05, 4.69) is 17.1 Å². The average Bonchev–Trinajstić information content (AvgIpc) is 2.83. The molecule has 0 bridgehead atoms. The predicted octanol–water partition coefficient (Wildman–Crippen LogP) is 3.66. The summed E-state index contributed by atoms with van der Waals surface area (Å²) in [7, 11) is 3.16. The lowest BCUT2D eigenvalue weighted by Crippen LogP contribution is -2.49. The van der Waals surface area contributed by atoms with Crippen molar-refractivity contribution in [3.63, 3.8) is 0 Å². The highest BCUT2D eigenvalue weighted by Gasteiger charge is 2.28. The molecule has 1 aliphatic heterocycles. The van der Waals surface area contributed by atoms with Gasteiger partial charge in [-0.1, -0.05) is 25.1 Å². The SMILES string of the molecule is CCCN(CC(=O)Nc1cc(OC)cc(OC)c1)C1CCN(C(=O)c2ccccc2)CC1. The van der Waals surface area contributed by atoms with Crippen molar-refractivity contribution in [2.45, 2.75) is 32.2 Å². The minimum atomic E-state index is -0.0726. The fourth-order valence-electron chi connectivity index (χ4n) is 4.14. The van der Waals surface area contributed by atoms with Gasteiger partial charge in [0.1, 0.15) is 11.5 Å². The molecule has 7 heteroatoms. The Balaban J connectivity index is 1.57. The van der Waals surface area contributed by atoms with Crippen molar-refractivity contribution in [3.05, 3.63) is 54.1 Å². The molecule has 0 radical (unpaired) electrons. The number of rotatable bonds is 9. The maximum atomic E-state index is 12.8. The molecule has 2 aromatic rings. The van der Waals surface area contributed by atoms with E-state index in [1.165, 1.54) is 0 Å². The van der Waals surface area contributed by atoms with Crippen molar-refractivity contribution in [2.24, 2.45) is 0 Å². The number of amides is 2. The van der Waals surface area contributed by atoms with Gasteiger partial charge in [-0.2, -0.15) is 0 Å². The summed E-state index contributed by atoms with van der Waals surface area (Å²) in [5, 5.41) is 2.96. The Morgan fingerprint density at radius 2 is 1.66 bits per heavy atom. The van der Waals surface area contributed by atoms with Gasteiger partial charge in [-0.3, -0.25) is 14.5 Å². The fourth-order valence-corrected chi connectivity index (χ4v) is 4.14. The van der Waals surface area contributed by atoms with Crippen molar-refractivity contribution in [2.75, 3.05) is 45.7 Å². The monoisotopic (exact) mass is 439 g/mol. The number of methoxy groups -OCH3 is 2. The number of piperidine rings is 1. The molecular formula is C25H33N3O4. The summed E-state index contributed by atoms with van der Waals surface area (Å²) in [5.74, 6) is 1.26. The first-order valence-corrected chi connectivity index (χ1v) is 11.1. The first-order chi connectivity index (χ1) is 15.5. The summed E-state index contributed by atoms with van der Waals surface area (Å²) in [4.78, 5) is 29.7. The van der Waals surface area contributed by atoms with E-state index in [4.69, 9.17) is 9.47 Å². The molecule has 1 fully saturated rings. The number of benzene rings is 2. The highest BCUT2D eigenvalue weighted by Crippen LogP contribution is 2.26. The van der Waals surface area contributed by atoms with Crippen LogP contribution in [0.1, 0.15) is 36.5 Å². The van der Waals surface area contributed by atoms with Crippen molar-refractivity contribution < 1.29 is 19.1 Å². The molecule has 0 aliphatic carbocycles. The molecule has 32 heavy (non-hydrogen) atoms. The zero-order valence-corrected chi connectivity index (χ0v) is 19.2. The van der Waals surface area contributed by atoms with Gasteiger partial charge in [-0.25, -0.2) is 0 Å². The largest absolute Gasteiger partial charge is 0.497 e. The normalized spacial score (nSPS) is 14.3. The van der Waals surface area contributed by atoms with E-state index in [1.54, 1.807) is 32.4 Å². The summed E-state index contributed by atoms with van der Waals surface area (Å²) < 4.78 is 10.6. The smallest absolute Gasteiger partial charge is 0.253 e. The number of ether oxygens (including phenoxy) is 2. The molecule has 0 atom stereocenters. The van der Waals surface area contributed by atoms with Crippen LogP contribution >= 0.6 is 0 Å². The molecule has 7 nitrogen and oxygen atoms in total. The maximum absolute atomic E-state index is 12.8. The number of anilines is 1. The highest BCUT2D eigenvalue weighted by molar-refractivity contribution is 5.94. The molecule has 2 aromatic carbocycles. The van der Waals surface area contributed by atoms with Gasteiger partial charge in [0.05, 0.1) is 20.8 Å². The van der Waals surface area contributed by atoms with Gasteiger partial charge >= 0.3 is 0 Å². The van der Waals surface area contributed by atoms with E-state index in [9.17, 15) is 9.59 Å². The van der Waals surface area contributed by atoms with Crippen LogP contribution in [0.2, 0.25) is 0 Å². The van der Waals surface area contributed by atoms with E-state index in [0.29, 0.717) is 36.8 Å². The Bertz CT molecular complexity index is 873. The molecule has 0 saturated carbocycles. The minimum Gasteiger partial charge on any atom is -0.497 e. The van der Waals surface area contributed by atoms with E-state index in [0.717, 1.165) is 31.4 Å². The molecule has 3 rings (SSSR count). The Labute approximate surface area is 190 Å². The zero-order chi connectivity index (χ0) is 22.9. The number of hydrogen-bond acceptors (Lipinski definition) is 5. The summed E-state index contributed by atoms with van der Waals surface area (Å²) in [5.41, 5.74) is 1.37. The molecule has 172 valence electrons. The van der Waals surface area contributed by atoms with Gasteiger partial charge < -0.3 is 19.7 Å². The third-order valence-corrected chi connectivity index (χ3v) is 5.78. The maximum Gasteiger partial charge on any atom is 0.253 e. The van der Waals surface area contributed by atoms with Crippen LogP contribution in [-0.4, -0.2) is 68.1 Å². The van der Waals surface area contributed by atoms with Gasteiger partial charge in [0.15, 0.2) is 0 Å². The lowest BCUT2D eigenvalue weighted by molar-refractivity contribution is -0.118. The molecule has 1 aliphatic rings. The Morgan fingerprint density at radius 3 is 2.22 bits per heavy atom. The van der Waals surface area contributed by atoms with Gasteiger partial charge in [0.25, 0.3) is 5.91 Å². The van der Waals surface area contributed by atoms with Gasteiger partial charge in [-0.05, 0) is 37.9 Å². The zero-order valence-electron chi connectivity index (χ0n) is 19.2. The second kappa shape index (κ2) is 11.5. The third kappa shape index (κ3) is 6.23. The van der Waals surface area contributed by atoms with Gasteiger partial charge in [0, 0.05) is 48.6 Å². The first kappa shape index (κ1) is 23.6. The molecule has 0 spiro atoms. The number of hydrogen-bond donors (Lipinski definition) is 1. The summed E-state index contributed by atoms with van der Waals surface area (Å²) in [6, 6.07) is 15.0. The van der Waals surface area contributed by atoms with E-state index < -0.39 is 0 Å². The van der Waals surface area contributed by atoms with Crippen LogP contribution in [0.4, 0.5) is 5.69 Å². The summed E-state index contributed by atoms with van der Waals surface area (Å²) >= 11 is 0. The van der Waals surface area contributed by atoms with Crippen LogP contribution in [-0.2, 0) is 4.79 Å². The lowest BCUT2D eigenvalue weighted by Gasteiger charge is -2.38. The second-order valence-corrected chi connectivity index (χ2v) is 8.01. The van der Waals surface area contributed by atoms with Crippen LogP contribution in [0.25, 0.3) is 0 Å². The Morgan fingerprint density at radius 1 is 1.03 bits per heavy atom. The number of likely N-dealkylation sites (tertiary alicyclic amines) is 1. The minimum absolute atomic E-state index is 0.0726. The number of nitrogens with zero attached hydrogens (tertiary/aromatic N) is 2. The molecule has 1 saturated heterocycles. The molecule has 2 amide bonds. The lowest BCUT2D eigenvalue weighted by atomic mass is 10.0. The number of carbonyl (C=O) groups excluding carboxylic acids is 2. The molecular weight excluding hydrogens is 406 g/mol. The van der Waals surface area contributed by atoms with Gasteiger partial charge in [0.2, 0.25) is 5.91 Å². The third-order valence-electron chi connectivity index (χ3n) is 5.78. The van der Waals surface area contributed by atoms with Crippen molar-refractivity contribution in [1.29, 1.82) is 0 Å². The first-order valence-electron chi connectivity index (χ1n) is 11.1. The van der Waals surface area contributed by atoms with Crippen LogP contribution in [0.15, 0.2) is 48.5 Å². The Hall–Kier alpha value is -3.06. The van der Waals surface area contributed by atoms with E-state index in [-0.39, 0.29) is 17.9 Å². The fraction of sp³-hybridized carbons (Fsp3) is 0.440. The van der Waals surface area contributed by atoms with Gasteiger partial charge in [-0.15, -0.1) is 0 Å². The number of nitrogens with one attached hydrogen (secondary N) is 1. The summed E-state index contributed by atoms with van der Waals surface area (Å²) in [6.45, 7) is 4.67. The van der Waals surface area contributed by atoms with E-state index >= 15 is 0 Å². The molecule has 1 N–H and O–H groups in total. The molecule has 0 aromatic heterocycles. The quantitative estimate of drug-likeness (QED) is 0.646. The predicted molar refractivity (Wildman–Crippen MR) is 125 cm³/mol. The van der Waals surface area contributed by atoms with Crippen LogP contribution in [0.5, 0.6) is 11.5 Å². The second-order valence-electron chi connectivity index (χ2n) is 8.01.